The van der Waals surface area contributed by atoms with Crippen molar-refractivity contribution in [3.8, 4) is 0 Å². The normalized spacial score (nSPS) is 19.3. The number of hydrogen-bond acceptors (Lipinski definition) is 4. The fourth-order valence-electron chi connectivity index (χ4n) is 2.91. The van der Waals surface area contributed by atoms with Crippen LogP contribution in [0.15, 0.2) is 15.7 Å². The summed E-state index contributed by atoms with van der Waals surface area (Å²) in [5, 5.41) is 3.22. The minimum atomic E-state index is -0.253. The Kier molecular flexibility index (Phi) is 6.64. The van der Waals surface area contributed by atoms with Gasteiger partial charge in [-0.15, -0.1) is 12.4 Å². The number of nitrogens with one attached hydrogen (secondary N) is 1. The van der Waals surface area contributed by atoms with Crippen LogP contribution in [0.25, 0.3) is 0 Å². The zero-order valence-electron chi connectivity index (χ0n) is 13.0. The second-order valence-corrected chi connectivity index (χ2v) is 5.68. The first-order valence-corrected chi connectivity index (χ1v) is 7.15. The maximum absolute atomic E-state index is 11.9. The lowest BCUT2D eigenvalue weighted by atomic mass is 9.98. The molecule has 7 heteroatoms. The molecule has 1 fully saturated rings. The highest BCUT2D eigenvalue weighted by atomic mass is 35.5. The lowest BCUT2D eigenvalue weighted by Gasteiger charge is -2.32. The number of piperidine rings is 1. The Morgan fingerprint density at radius 2 is 2.00 bits per heavy atom. The van der Waals surface area contributed by atoms with Crippen LogP contribution < -0.4 is 16.6 Å². The van der Waals surface area contributed by atoms with Crippen molar-refractivity contribution in [3.63, 3.8) is 0 Å². The quantitative estimate of drug-likeness (QED) is 0.845. The van der Waals surface area contributed by atoms with Crippen LogP contribution in [0.4, 0.5) is 0 Å². The molecule has 1 N–H and O–H groups in total. The topological polar surface area (TPSA) is 59.3 Å². The zero-order valence-corrected chi connectivity index (χ0v) is 13.8. The van der Waals surface area contributed by atoms with Gasteiger partial charge in [0.2, 0.25) is 0 Å². The maximum atomic E-state index is 11.9. The molecule has 120 valence electrons. The van der Waals surface area contributed by atoms with Gasteiger partial charge in [-0.1, -0.05) is 0 Å². The average Bonchev–Trinajstić information content (AvgIpc) is 2.43. The Morgan fingerprint density at radius 1 is 1.29 bits per heavy atom. The highest BCUT2D eigenvalue weighted by Gasteiger charge is 2.20. The summed E-state index contributed by atoms with van der Waals surface area (Å²) in [7, 11) is 5.22. The number of likely N-dealkylation sites (tertiary alicyclic amines) is 1. The van der Waals surface area contributed by atoms with Crippen LogP contribution in [-0.4, -0.2) is 40.7 Å². The van der Waals surface area contributed by atoms with Crippen molar-refractivity contribution < 1.29 is 0 Å². The summed E-state index contributed by atoms with van der Waals surface area (Å²) < 4.78 is 2.71. The second-order valence-electron chi connectivity index (χ2n) is 5.68. The van der Waals surface area contributed by atoms with E-state index in [0.29, 0.717) is 12.5 Å². The van der Waals surface area contributed by atoms with Gasteiger partial charge in [0.25, 0.3) is 5.56 Å². The summed E-state index contributed by atoms with van der Waals surface area (Å²) in [6.45, 7) is 3.74. The molecule has 0 spiro atoms. The molecule has 1 aromatic rings. The zero-order chi connectivity index (χ0) is 14.7. The molecular weight excluding hydrogens is 292 g/mol. The van der Waals surface area contributed by atoms with Gasteiger partial charge >= 0.3 is 5.69 Å². The standard InChI is InChI=1S/C14H24N4O2.ClH/c1-15-8-11-5-4-6-18(9-11)10-12-7-13(19)17(3)14(20)16(12)2;/h7,11,15H,4-6,8-10H2,1-3H3;1H. The van der Waals surface area contributed by atoms with E-state index in [0.717, 1.165) is 29.9 Å². The molecule has 2 heterocycles. The predicted molar refractivity (Wildman–Crippen MR) is 86.1 cm³/mol. The molecule has 0 saturated carbocycles. The van der Waals surface area contributed by atoms with Crippen LogP contribution in [0.3, 0.4) is 0 Å². The lowest BCUT2D eigenvalue weighted by Crippen LogP contribution is -2.42. The molecule has 21 heavy (non-hydrogen) atoms. The van der Waals surface area contributed by atoms with E-state index < -0.39 is 0 Å². The summed E-state index contributed by atoms with van der Waals surface area (Å²) in [4.78, 5) is 26.0. The molecule has 0 amide bonds. The van der Waals surface area contributed by atoms with E-state index in [1.54, 1.807) is 17.7 Å². The van der Waals surface area contributed by atoms with E-state index in [1.165, 1.54) is 19.9 Å². The minimum Gasteiger partial charge on any atom is -0.319 e. The predicted octanol–water partition coefficient (Wildman–Crippen LogP) is -0.0628. The molecule has 0 aromatic carbocycles. The van der Waals surface area contributed by atoms with Gasteiger partial charge in [-0.3, -0.25) is 18.8 Å². The van der Waals surface area contributed by atoms with Crippen LogP contribution in [0, 0.1) is 5.92 Å². The van der Waals surface area contributed by atoms with Crippen LogP contribution in [0.2, 0.25) is 0 Å². The molecule has 1 unspecified atom stereocenters. The average molecular weight is 317 g/mol. The monoisotopic (exact) mass is 316 g/mol. The van der Waals surface area contributed by atoms with E-state index >= 15 is 0 Å². The van der Waals surface area contributed by atoms with E-state index in [4.69, 9.17) is 0 Å². The molecule has 0 bridgehead atoms. The third-order valence-electron chi connectivity index (χ3n) is 4.11. The molecule has 0 radical (unpaired) electrons. The van der Waals surface area contributed by atoms with E-state index in [-0.39, 0.29) is 23.7 Å². The van der Waals surface area contributed by atoms with Crippen molar-refractivity contribution in [1.29, 1.82) is 0 Å². The fraction of sp³-hybridized carbons (Fsp3) is 0.714. The number of rotatable bonds is 4. The largest absolute Gasteiger partial charge is 0.330 e. The van der Waals surface area contributed by atoms with Gasteiger partial charge in [0.05, 0.1) is 0 Å². The van der Waals surface area contributed by atoms with E-state index in [1.807, 2.05) is 7.05 Å². The van der Waals surface area contributed by atoms with Crippen molar-refractivity contribution in [2.45, 2.75) is 19.4 Å². The first-order valence-electron chi connectivity index (χ1n) is 7.15. The van der Waals surface area contributed by atoms with Gasteiger partial charge < -0.3 is 5.32 Å². The summed E-state index contributed by atoms with van der Waals surface area (Å²) in [6, 6.07) is 1.57. The highest BCUT2D eigenvalue weighted by Crippen LogP contribution is 2.17. The molecular formula is C14H25ClN4O2. The van der Waals surface area contributed by atoms with Gasteiger partial charge in [0.1, 0.15) is 0 Å². The molecule has 1 aliphatic rings. The lowest BCUT2D eigenvalue weighted by molar-refractivity contribution is 0.163. The smallest absolute Gasteiger partial charge is 0.319 e. The Bertz CT molecular complexity index is 579. The van der Waals surface area contributed by atoms with E-state index in [9.17, 15) is 9.59 Å². The fourth-order valence-corrected chi connectivity index (χ4v) is 2.91. The molecule has 1 atom stereocenters. The summed E-state index contributed by atoms with van der Waals surface area (Å²) in [5.74, 6) is 0.650. The molecule has 2 rings (SSSR count). The molecule has 1 saturated heterocycles. The van der Waals surface area contributed by atoms with Crippen molar-refractivity contribution >= 4 is 12.4 Å². The first-order chi connectivity index (χ1) is 9.52. The van der Waals surface area contributed by atoms with Crippen LogP contribution in [0.5, 0.6) is 0 Å². The highest BCUT2D eigenvalue weighted by molar-refractivity contribution is 5.85. The Labute approximate surface area is 131 Å². The Morgan fingerprint density at radius 3 is 2.67 bits per heavy atom. The molecule has 1 aliphatic heterocycles. The van der Waals surface area contributed by atoms with Crippen molar-refractivity contribution in [3.05, 3.63) is 32.6 Å². The molecule has 6 nitrogen and oxygen atoms in total. The second kappa shape index (κ2) is 7.77. The van der Waals surface area contributed by atoms with Gasteiger partial charge in [-0.2, -0.15) is 0 Å². The molecule has 1 aromatic heterocycles. The van der Waals surface area contributed by atoms with Crippen molar-refractivity contribution in [2.24, 2.45) is 20.0 Å². The van der Waals surface area contributed by atoms with E-state index in [2.05, 4.69) is 10.2 Å². The minimum absolute atomic E-state index is 0. The number of nitrogens with zero attached hydrogens (tertiary/aromatic N) is 3. The third kappa shape index (κ3) is 4.18. The number of halogens is 1. The van der Waals surface area contributed by atoms with Gasteiger partial charge in [-0.05, 0) is 38.9 Å². The van der Waals surface area contributed by atoms with Gasteiger partial charge in [-0.25, -0.2) is 4.79 Å². The maximum Gasteiger partial charge on any atom is 0.330 e. The Hall–Kier alpha value is -1.11. The first kappa shape index (κ1) is 17.9. The van der Waals surface area contributed by atoms with Crippen molar-refractivity contribution in [2.75, 3.05) is 26.7 Å². The SMILES string of the molecule is CNCC1CCCN(Cc2cc(=O)n(C)c(=O)n2C)C1.Cl. The summed E-state index contributed by atoms with van der Waals surface area (Å²) in [5.41, 5.74) is 0.311. The number of hydrogen-bond donors (Lipinski definition) is 1. The van der Waals surface area contributed by atoms with Gasteiger partial charge in [0.15, 0.2) is 0 Å². The molecule has 0 aliphatic carbocycles. The van der Waals surface area contributed by atoms with Crippen LogP contribution in [-0.2, 0) is 20.6 Å². The van der Waals surface area contributed by atoms with Gasteiger partial charge in [0, 0.05) is 38.9 Å². The number of aromatic nitrogens is 2. The summed E-state index contributed by atoms with van der Waals surface area (Å²) >= 11 is 0. The van der Waals surface area contributed by atoms with Crippen molar-refractivity contribution in [1.82, 2.24) is 19.4 Å². The van der Waals surface area contributed by atoms with Crippen LogP contribution >= 0.6 is 12.4 Å². The Balaban J connectivity index is 0.00000220. The summed E-state index contributed by atoms with van der Waals surface area (Å²) in [6.07, 6.45) is 2.41. The van der Waals surface area contributed by atoms with Crippen LogP contribution in [0.1, 0.15) is 18.5 Å². The third-order valence-corrected chi connectivity index (χ3v) is 4.11.